The molecular weight excluding hydrogens is 286 g/mol. The summed E-state index contributed by atoms with van der Waals surface area (Å²) in [6.45, 7) is 7.09. The summed E-state index contributed by atoms with van der Waals surface area (Å²) in [7, 11) is 1.49. The van der Waals surface area contributed by atoms with Crippen molar-refractivity contribution in [2.75, 3.05) is 7.11 Å². The first-order valence-corrected chi connectivity index (χ1v) is 6.34. The molecule has 0 atom stereocenters. The second-order valence-corrected chi connectivity index (χ2v) is 5.05. The fraction of sp³-hybridized carbons (Fsp3) is 0.0769. The lowest BCUT2D eigenvalue weighted by molar-refractivity contribution is 0.0702. The highest BCUT2D eigenvalue weighted by atomic mass is 35.5. The van der Waals surface area contributed by atoms with Crippen molar-refractivity contribution in [2.24, 2.45) is 0 Å². The van der Waals surface area contributed by atoms with Crippen molar-refractivity contribution < 1.29 is 14.6 Å². The number of aromatic carboxylic acids is 1. The lowest BCUT2D eigenvalue weighted by Crippen LogP contribution is -1.91. The van der Waals surface area contributed by atoms with Crippen LogP contribution in [0.25, 0.3) is 15.3 Å². The highest BCUT2D eigenvalue weighted by molar-refractivity contribution is 7.18. The Labute approximate surface area is 118 Å². The van der Waals surface area contributed by atoms with Gasteiger partial charge in [-0.25, -0.2) is 9.64 Å². The van der Waals surface area contributed by atoms with Crippen LogP contribution in [0.5, 0.6) is 5.75 Å². The average Bonchev–Trinajstić information content (AvgIpc) is 2.80. The molecule has 0 unspecified atom stereocenters. The molecule has 2 rings (SSSR count). The zero-order valence-electron chi connectivity index (χ0n) is 9.81. The first-order valence-electron chi connectivity index (χ1n) is 5.15. The average molecular weight is 294 g/mol. The van der Waals surface area contributed by atoms with Gasteiger partial charge in [-0.05, 0) is 23.8 Å². The SMILES string of the molecule is [C-]#[N+]c1cc(-c2cc(Cl)c(C(=O)O)s2)ccc1OC. The van der Waals surface area contributed by atoms with Crippen molar-refractivity contribution in [3.8, 4) is 16.2 Å². The Hall–Kier alpha value is -2.03. The van der Waals surface area contributed by atoms with E-state index in [0.29, 0.717) is 16.3 Å². The van der Waals surface area contributed by atoms with E-state index in [9.17, 15) is 4.79 Å². The summed E-state index contributed by atoms with van der Waals surface area (Å²) in [5.74, 6) is -0.569. The van der Waals surface area contributed by atoms with Crippen LogP contribution >= 0.6 is 22.9 Å². The highest BCUT2D eigenvalue weighted by Gasteiger charge is 2.15. The summed E-state index contributed by atoms with van der Waals surface area (Å²) in [5, 5.41) is 9.17. The van der Waals surface area contributed by atoms with E-state index in [1.54, 1.807) is 24.3 Å². The van der Waals surface area contributed by atoms with E-state index in [0.717, 1.165) is 16.9 Å². The minimum Gasteiger partial charge on any atom is -0.508 e. The molecule has 1 aromatic heterocycles. The Bertz CT molecular complexity index is 688. The molecule has 0 aliphatic heterocycles. The van der Waals surface area contributed by atoms with Gasteiger partial charge in [-0.1, -0.05) is 17.7 Å². The van der Waals surface area contributed by atoms with Gasteiger partial charge in [-0.2, -0.15) is 0 Å². The molecule has 1 heterocycles. The van der Waals surface area contributed by atoms with Crippen molar-refractivity contribution in [3.63, 3.8) is 0 Å². The Balaban J connectivity index is 2.51. The maximum atomic E-state index is 10.9. The van der Waals surface area contributed by atoms with Crippen LogP contribution < -0.4 is 4.74 Å². The normalized spacial score (nSPS) is 9.95. The van der Waals surface area contributed by atoms with Gasteiger partial charge < -0.3 is 9.84 Å². The first-order chi connectivity index (χ1) is 9.06. The molecule has 2 aromatic rings. The predicted molar refractivity (Wildman–Crippen MR) is 74.5 cm³/mol. The summed E-state index contributed by atoms with van der Waals surface area (Å²) in [6, 6.07) is 6.68. The molecule has 4 nitrogen and oxygen atoms in total. The van der Waals surface area contributed by atoms with E-state index in [1.807, 2.05) is 0 Å². The lowest BCUT2D eigenvalue weighted by atomic mass is 10.1. The van der Waals surface area contributed by atoms with Crippen LogP contribution in [0, 0.1) is 6.57 Å². The van der Waals surface area contributed by atoms with E-state index in [4.69, 9.17) is 28.0 Å². The third-order valence-corrected chi connectivity index (χ3v) is 4.05. The number of benzene rings is 1. The molecule has 6 heteroatoms. The van der Waals surface area contributed by atoms with E-state index in [1.165, 1.54) is 7.11 Å². The molecule has 0 fully saturated rings. The van der Waals surface area contributed by atoms with Gasteiger partial charge in [0.05, 0.1) is 18.7 Å². The third kappa shape index (κ3) is 2.55. The van der Waals surface area contributed by atoms with Crippen LogP contribution in [0.3, 0.4) is 0 Å². The minimum atomic E-state index is -1.06. The number of carboxylic acids is 1. The Morgan fingerprint density at radius 2 is 2.21 bits per heavy atom. The molecule has 0 radical (unpaired) electrons. The molecule has 0 spiro atoms. The molecule has 0 saturated carbocycles. The number of carbonyl (C=O) groups is 1. The molecule has 1 aromatic carbocycles. The van der Waals surface area contributed by atoms with Gasteiger partial charge in [0.1, 0.15) is 10.6 Å². The largest absolute Gasteiger partial charge is 0.508 e. The van der Waals surface area contributed by atoms with Crippen LogP contribution in [0.1, 0.15) is 9.67 Å². The highest BCUT2D eigenvalue weighted by Crippen LogP contribution is 2.38. The van der Waals surface area contributed by atoms with Gasteiger partial charge in [0.25, 0.3) is 0 Å². The van der Waals surface area contributed by atoms with Gasteiger partial charge >= 0.3 is 5.97 Å². The number of halogens is 1. The predicted octanol–water partition coefficient (Wildman–Crippen LogP) is 4.33. The zero-order chi connectivity index (χ0) is 14.0. The number of methoxy groups -OCH3 is 1. The molecule has 0 saturated heterocycles. The van der Waals surface area contributed by atoms with E-state index < -0.39 is 5.97 Å². The van der Waals surface area contributed by atoms with Crippen molar-refractivity contribution in [2.45, 2.75) is 0 Å². The first kappa shape index (κ1) is 13.4. The van der Waals surface area contributed by atoms with Crippen LogP contribution in [-0.2, 0) is 0 Å². The number of hydrogen-bond donors (Lipinski definition) is 1. The molecule has 1 N–H and O–H groups in total. The van der Waals surface area contributed by atoms with Gasteiger partial charge in [-0.15, -0.1) is 11.3 Å². The van der Waals surface area contributed by atoms with Crippen LogP contribution in [0.4, 0.5) is 5.69 Å². The summed E-state index contributed by atoms with van der Waals surface area (Å²) < 4.78 is 5.06. The van der Waals surface area contributed by atoms with Gasteiger partial charge in [-0.3, -0.25) is 0 Å². The number of nitrogens with zero attached hydrogens (tertiary/aromatic N) is 1. The summed E-state index contributed by atoms with van der Waals surface area (Å²) >= 11 is 6.94. The number of carboxylic acid groups (broad SMARTS) is 1. The van der Waals surface area contributed by atoms with E-state index in [2.05, 4.69) is 4.85 Å². The second-order valence-electron chi connectivity index (χ2n) is 3.59. The van der Waals surface area contributed by atoms with Crippen LogP contribution in [-0.4, -0.2) is 18.2 Å². The summed E-state index contributed by atoms with van der Waals surface area (Å²) in [4.78, 5) is 15.1. The number of ether oxygens (including phenoxy) is 1. The topological polar surface area (TPSA) is 50.9 Å². The van der Waals surface area contributed by atoms with E-state index in [-0.39, 0.29) is 9.90 Å². The monoisotopic (exact) mass is 293 g/mol. The third-order valence-electron chi connectivity index (χ3n) is 2.46. The molecule has 19 heavy (non-hydrogen) atoms. The Kier molecular flexibility index (Phi) is 3.74. The molecule has 0 bridgehead atoms. The molecule has 0 aliphatic carbocycles. The molecule has 0 aliphatic rings. The summed E-state index contributed by atoms with van der Waals surface area (Å²) in [6.07, 6.45) is 0. The lowest BCUT2D eigenvalue weighted by Gasteiger charge is -2.04. The van der Waals surface area contributed by atoms with Crippen molar-refractivity contribution in [1.29, 1.82) is 0 Å². The van der Waals surface area contributed by atoms with E-state index >= 15 is 0 Å². The molecule has 96 valence electrons. The second kappa shape index (κ2) is 5.31. The molecular formula is C13H8ClNO3S. The van der Waals surface area contributed by atoms with Crippen molar-refractivity contribution in [3.05, 3.63) is 45.6 Å². The van der Waals surface area contributed by atoms with Crippen molar-refractivity contribution >= 4 is 34.6 Å². The number of rotatable bonds is 3. The quantitative estimate of drug-likeness (QED) is 0.857. The van der Waals surface area contributed by atoms with Crippen molar-refractivity contribution in [1.82, 2.24) is 0 Å². The van der Waals surface area contributed by atoms with Gasteiger partial charge in [0.2, 0.25) is 5.69 Å². The van der Waals surface area contributed by atoms with Crippen LogP contribution in [0.15, 0.2) is 24.3 Å². The minimum absolute atomic E-state index is 0.0943. The van der Waals surface area contributed by atoms with Gasteiger partial charge in [0, 0.05) is 4.88 Å². The van der Waals surface area contributed by atoms with Gasteiger partial charge in [0.15, 0.2) is 0 Å². The standard InChI is InChI=1S/C13H8ClNO3S/c1-15-9-5-7(3-4-10(9)18-2)11-6-8(14)12(19-11)13(16)17/h3-6H,2H3,(H,16,17). The number of hydrogen-bond acceptors (Lipinski definition) is 3. The summed E-state index contributed by atoms with van der Waals surface area (Å²) in [5.41, 5.74) is 1.12. The zero-order valence-corrected chi connectivity index (χ0v) is 11.4. The Morgan fingerprint density at radius 3 is 2.74 bits per heavy atom. The maximum Gasteiger partial charge on any atom is 0.347 e. The fourth-order valence-corrected chi connectivity index (χ4v) is 2.84. The fourth-order valence-electron chi connectivity index (χ4n) is 1.59. The smallest absolute Gasteiger partial charge is 0.347 e. The number of thiophene rings is 1. The van der Waals surface area contributed by atoms with Crippen LogP contribution in [0.2, 0.25) is 5.02 Å². The maximum absolute atomic E-state index is 10.9. The molecule has 0 amide bonds. The Morgan fingerprint density at radius 1 is 1.47 bits per heavy atom.